The number of esters is 2. The normalized spacial score (nSPS) is 13.3. The zero-order valence-corrected chi connectivity index (χ0v) is 27.5. The topological polar surface area (TPSA) is 123 Å². The number of carbonyl (C=O) groups is 2. The van der Waals surface area contributed by atoms with Crippen molar-refractivity contribution in [1.29, 1.82) is 0 Å². The Labute approximate surface area is 280 Å². The molecule has 262 valence electrons. The summed E-state index contributed by atoms with van der Waals surface area (Å²) in [6.07, 6.45) is 16.5. The molecule has 0 radical (unpaired) electrons. The van der Waals surface area contributed by atoms with Crippen LogP contribution in [0.25, 0.3) is 6.08 Å². The van der Waals surface area contributed by atoms with Crippen LogP contribution in [0, 0.1) is 16.0 Å². The second kappa shape index (κ2) is 22.7. The van der Waals surface area contributed by atoms with Crippen LogP contribution in [-0.2, 0) is 19.2 Å². The van der Waals surface area contributed by atoms with E-state index in [1.54, 1.807) is 54.6 Å². The molecular weight excluding hydrogens is 628 g/mol. The van der Waals surface area contributed by atoms with Crippen molar-refractivity contribution < 1.29 is 47.2 Å². The average Bonchev–Trinajstić information content (AvgIpc) is 3.61. The van der Waals surface area contributed by atoms with Crippen LogP contribution in [0.5, 0.6) is 17.2 Å². The molecule has 0 atom stereocenters. The zero-order chi connectivity index (χ0) is 35.0. The van der Waals surface area contributed by atoms with Gasteiger partial charge in [-0.2, -0.15) is 8.78 Å². The Bertz CT molecular complexity index is 1340. The number of hydrogen-bond acceptors (Lipinski definition) is 9. The van der Waals surface area contributed by atoms with Gasteiger partial charge < -0.3 is 23.8 Å². The van der Waals surface area contributed by atoms with Gasteiger partial charge in [-0.25, -0.2) is 4.79 Å². The van der Waals surface area contributed by atoms with E-state index >= 15 is 0 Å². The van der Waals surface area contributed by atoms with Crippen LogP contribution >= 0.6 is 0 Å². The van der Waals surface area contributed by atoms with E-state index in [0.717, 1.165) is 38.2 Å². The van der Waals surface area contributed by atoms with Crippen LogP contribution in [-0.4, -0.2) is 49.9 Å². The van der Waals surface area contributed by atoms with E-state index in [9.17, 15) is 28.5 Å². The van der Waals surface area contributed by atoms with E-state index in [4.69, 9.17) is 18.9 Å². The Morgan fingerprint density at radius 3 is 2.44 bits per heavy atom. The van der Waals surface area contributed by atoms with E-state index < -0.39 is 23.6 Å². The second-order valence-electron chi connectivity index (χ2n) is 10.9. The number of unbranched alkanes of at least 4 members (excludes halogenated alkanes) is 2. The Morgan fingerprint density at radius 1 is 1.02 bits per heavy atom. The van der Waals surface area contributed by atoms with Crippen molar-refractivity contribution in [3.05, 3.63) is 94.6 Å². The SMILES string of the molecule is C/C=C\CCCC(=O)Oc1ccc(/C=C/C(=O)OCCCCO[N+](=O)[O-])cc1OC.FC(F)(/C=C/C1CCCC1)COc1ccccc1. The van der Waals surface area contributed by atoms with Crippen molar-refractivity contribution in [2.45, 2.75) is 70.6 Å². The Kier molecular flexibility index (Phi) is 18.7. The average molecular weight is 674 g/mol. The molecule has 0 spiro atoms. The maximum atomic E-state index is 13.6. The van der Waals surface area contributed by atoms with Crippen LogP contribution in [0.4, 0.5) is 8.78 Å². The molecule has 12 heteroatoms. The summed E-state index contributed by atoms with van der Waals surface area (Å²) in [6, 6.07) is 13.6. The highest BCUT2D eigenvalue weighted by atomic mass is 19.3. The minimum Gasteiger partial charge on any atom is -0.493 e. The number of hydrogen-bond donors (Lipinski definition) is 0. The summed E-state index contributed by atoms with van der Waals surface area (Å²) in [5.41, 5.74) is 0.663. The Morgan fingerprint density at radius 2 is 1.75 bits per heavy atom. The first kappa shape index (κ1) is 39.4. The van der Waals surface area contributed by atoms with Crippen molar-refractivity contribution in [1.82, 2.24) is 0 Å². The van der Waals surface area contributed by atoms with Gasteiger partial charge in [0.2, 0.25) is 0 Å². The number of methoxy groups -OCH3 is 1. The molecule has 0 aromatic heterocycles. The highest BCUT2D eigenvalue weighted by Gasteiger charge is 2.27. The molecule has 48 heavy (non-hydrogen) atoms. The van der Waals surface area contributed by atoms with Gasteiger partial charge in [-0.05, 0) is 93.3 Å². The first-order chi connectivity index (χ1) is 23.1. The van der Waals surface area contributed by atoms with Gasteiger partial charge in [0.15, 0.2) is 18.1 Å². The first-order valence-corrected chi connectivity index (χ1v) is 16.0. The van der Waals surface area contributed by atoms with Gasteiger partial charge in [0.1, 0.15) is 5.75 Å². The molecule has 1 fully saturated rings. The summed E-state index contributed by atoms with van der Waals surface area (Å²) in [5.74, 6) is -2.28. The molecular formula is C36H45F2NO9. The molecule has 1 aliphatic rings. The molecule has 2 aromatic rings. The van der Waals surface area contributed by atoms with Crippen LogP contribution in [0.2, 0.25) is 0 Å². The van der Waals surface area contributed by atoms with Crippen LogP contribution in [0.15, 0.2) is 78.9 Å². The summed E-state index contributed by atoms with van der Waals surface area (Å²) < 4.78 is 47.8. The first-order valence-electron chi connectivity index (χ1n) is 16.0. The van der Waals surface area contributed by atoms with E-state index in [0.29, 0.717) is 54.4 Å². The van der Waals surface area contributed by atoms with Gasteiger partial charge in [0, 0.05) is 12.5 Å². The number of benzene rings is 2. The summed E-state index contributed by atoms with van der Waals surface area (Å²) in [6.45, 7) is 1.43. The molecule has 3 rings (SSSR count). The number of rotatable bonds is 19. The molecule has 0 unspecified atom stereocenters. The predicted molar refractivity (Wildman–Crippen MR) is 177 cm³/mol. The van der Waals surface area contributed by atoms with E-state index in [1.807, 2.05) is 25.1 Å². The molecule has 0 amide bonds. The number of alkyl halides is 2. The zero-order valence-electron chi connectivity index (χ0n) is 27.5. The van der Waals surface area contributed by atoms with Gasteiger partial charge in [-0.3, -0.25) is 4.79 Å². The number of allylic oxidation sites excluding steroid dienone is 3. The minimum atomic E-state index is -2.89. The van der Waals surface area contributed by atoms with E-state index in [-0.39, 0.29) is 19.2 Å². The fourth-order valence-corrected chi connectivity index (χ4v) is 4.48. The summed E-state index contributed by atoms with van der Waals surface area (Å²) in [5, 5.41) is 9.14. The van der Waals surface area contributed by atoms with Crippen molar-refractivity contribution in [3.63, 3.8) is 0 Å². The quantitative estimate of drug-likeness (QED) is 0.0275. The summed E-state index contributed by atoms with van der Waals surface area (Å²) in [7, 11) is 1.46. The Balaban J connectivity index is 0.000000376. The fraction of sp³-hybridized carbons (Fsp3) is 0.444. The maximum absolute atomic E-state index is 13.6. The highest BCUT2D eigenvalue weighted by Crippen LogP contribution is 2.30. The molecule has 0 aliphatic heterocycles. The van der Waals surface area contributed by atoms with Gasteiger partial charge in [0.25, 0.3) is 11.0 Å². The maximum Gasteiger partial charge on any atom is 0.330 e. The third-order valence-electron chi connectivity index (χ3n) is 6.98. The molecule has 1 saturated carbocycles. The lowest BCUT2D eigenvalue weighted by Gasteiger charge is -2.14. The van der Waals surface area contributed by atoms with Crippen molar-refractivity contribution in [2.75, 3.05) is 26.9 Å². The lowest BCUT2D eigenvalue weighted by Crippen LogP contribution is -2.23. The number of para-hydroxylation sites is 1. The van der Waals surface area contributed by atoms with Gasteiger partial charge >= 0.3 is 11.9 Å². The molecule has 0 N–H and O–H groups in total. The lowest BCUT2D eigenvalue weighted by atomic mass is 10.1. The minimum absolute atomic E-state index is 0.0348. The van der Waals surface area contributed by atoms with E-state index in [1.165, 1.54) is 13.2 Å². The van der Waals surface area contributed by atoms with Crippen molar-refractivity contribution in [3.8, 4) is 17.2 Å². The molecule has 10 nitrogen and oxygen atoms in total. The smallest absolute Gasteiger partial charge is 0.330 e. The number of nitrogens with zero attached hydrogens (tertiary/aromatic N) is 1. The van der Waals surface area contributed by atoms with Gasteiger partial charge in [-0.15, -0.1) is 10.1 Å². The third-order valence-corrected chi connectivity index (χ3v) is 6.98. The fourth-order valence-electron chi connectivity index (χ4n) is 4.48. The molecule has 0 saturated heterocycles. The van der Waals surface area contributed by atoms with E-state index in [2.05, 4.69) is 4.84 Å². The number of ether oxygens (including phenoxy) is 4. The number of carbonyl (C=O) groups excluding carboxylic acids is 2. The predicted octanol–water partition coefficient (Wildman–Crippen LogP) is 8.34. The lowest BCUT2D eigenvalue weighted by molar-refractivity contribution is -0.757. The third kappa shape index (κ3) is 17.8. The largest absolute Gasteiger partial charge is 0.493 e. The summed E-state index contributed by atoms with van der Waals surface area (Å²) >= 11 is 0. The second-order valence-corrected chi connectivity index (χ2v) is 10.9. The van der Waals surface area contributed by atoms with Crippen LogP contribution < -0.4 is 14.2 Å². The van der Waals surface area contributed by atoms with Crippen LogP contribution in [0.1, 0.15) is 70.3 Å². The Hall–Kier alpha value is -4.74. The summed E-state index contributed by atoms with van der Waals surface area (Å²) in [4.78, 5) is 37.8. The standard InChI is InChI=1S/C21H27NO8.C15H18F2O/c1-3-4-5-6-9-21(24)30-18-12-10-17(16-19(18)27-2)11-13-20(23)28-14-7-8-15-29-22(25)26;16-15(17,11-10-13-6-4-5-7-13)12-18-14-8-2-1-3-9-14/h3-4,10-13,16H,5-9,14-15H2,1-2H3;1-3,8-11,13H,4-7,12H2/b4-3-,13-11+;11-10+. The monoisotopic (exact) mass is 673 g/mol. The van der Waals surface area contributed by atoms with Gasteiger partial charge in [0.05, 0.1) is 20.3 Å². The molecule has 1 aliphatic carbocycles. The highest BCUT2D eigenvalue weighted by molar-refractivity contribution is 5.87. The molecule has 2 aromatic carbocycles. The van der Waals surface area contributed by atoms with Crippen molar-refractivity contribution in [2.24, 2.45) is 5.92 Å². The molecule has 0 heterocycles. The number of halogens is 2. The van der Waals surface area contributed by atoms with Gasteiger partial charge in [-0.1, -0.05) is 55.3 Å². The molecule has 0 bridgehead atoms. The van der Waals surface area contributed by atoms with Crippen molar-refractivity contribution >= 4 is 18.0 Å². The van der Waals surface area contributed by atoms with Crippen LogP contribution in [0.3, 0.4) is 0 Å².